The molecule has 0 saturated carbocycles. The van der Waals surface area contributed by atoms with Gasteiger partial charge in [-0.2, -0.15) is 13.2 Å². The Labute approximate surface area is 114 Å². The number of benzene rings is 1. The Kier molecular flexibility index (Phi) is 3.61. The molecule has 0 bridgehead atoms. The minimum Gasteiger partial charge on any atom is -0.289 e. The number of carbonyl (C=O) groups is 1. The molecule has 5 heteroatoms. The molecule has 2 rings (SSSR count). The Morgan fingerprint density at radius 1 is 1.10 bits per heavy atom. The summed E-state index contributed by atoms with van der Waals surface area (Å²) in [5.74, 6) is -0.445. The lowest BCUT2D eigenvalue weighted by molar-refractivity contribution is -0.138. The lowest BCUT2D eigenvalue weighted by Gasteiger charge is -2.13. The number of halogens is 3. The van der Waals surface area contributed by atoms with Crippen LogP contribution in [0.2, 0.25) is 0 Å². The van der Waals surface area contributed by atoms with Crippen LogP contribution in [0, 0.1) is 13.8 Å². The van der Waals surface area contributed by atoms with Crippen LogP contribution in [0.25, 0.3) is 0 Å². The minimum atomic E-state index is -4.47. The number of pyridine rings is 1. The van der Waals surface area contributed by atoms with Gasteiger partial charge in [0.1, 0.15) is 0 Å². The zero-order valence-corrected chi connectivity index (χ0v) is 11.0. The van der Waals surface area contributed by atoms with Crippen molar-refractivity contribution < 1.29 is 18.0 Å². The Bertz CT molecular complexity index is 662. The lowest BCUT2D eigenvalue weighted by Crippen LogP contribution is -2.13. The van der Waals surface area contributed by atoms with Gasteiger partial charge in [0.25, 0.3) is 0 Å². The fraction of sp³-hybridized carbons (Fsp3) is 0.200. The van der Waals surface area contributed by atoms with Crippen LogP contribution >= 0.6 is 0 Å². The van der Waals surface area contributed by atoms with Gasteiger partial charge in [-0.05, 0) is 37.1 Å². The standard InChI is InChI=1S/C15H12F3NO/c1-9-6-7-19-8-12(9)14(20)11-4-3-5-13(10(11)2)15(16,17)18/h3-8H,1-2H3. The van der Waals surface area contributed by atoms with Crippen molar-refractivity contribution in [2.45, 2.75) is 20.0 Å². The third kappa shape index (κ3) is 2.57. The van der Waals surface area contributed by atoms with Crippen LogP contribution in [0.5, 0.6) is 0 Å². The molecule has 0 aliphatic rings. The number of carbonyl (C=O) groups excluding carboxylic acids is 1. The van der Waals surface area contributed by atoms with Crippen molar-refractivity contribution >= 4 is 5.78 Å². The first-order valence-electron chi connectivity index (χ1n) is 5.94. The van der Waals surface area contributed by atoms with Crippen LogP contribution in [0.4, 0.5) is 13.2 Å². The van der Waals surface area contributed by atoms with E-state index in [-0.39, 0.29) is 11.1 Å². The molecule has 0 atom stereocenters. The molecule has 0 N–H and O–H groups in total. The van der Waals surface area contributed by atoms with Gasteiger partial charge in [-0.1, -0.05) is 12.1 Å². The summed E-state index contributed by atoms with van der Waals surface area (Å²) in [5, 5.41) is 0. The highest BCUT2D eigenvalue weighted by molar-refractivity contribution is 6.10. The van der Waals surface area contributed by atoms with Crippen molar-refractivity contribution in [2.24, 2.45) is 0 Å². The highest BCUT2D eigenvalue weighted by Gasteiger charge is 2.33. The van der Waals surface area contributed by atoms with E-state index in [4.69, 9.17) is 0 Å². The molecule has 0 spiro atoms. The number of ketones is 1. The minimum absolute atomic E-state index is 0.0518. The summed E-state index contributed by atoms with van der Waals surface area (Å²) < 4.78 is 38.6. The third-order valence-electron chi connectivity index (χ3n) is 3.17. The molecule has 1 heterocycles. The summed E-state index contributed by atoms with van der Waals surface area (Å²) in [6, 6.07) is 5.27. The van der Waals surface area contributed by atoms with Crippen molar-refractivity contribution in [1.29, 1.82) is 0 Å². The normalized spacial score (nSPS) is 11.4. The molecule has 104 valence electrons. The topological polar surface area (TPSA) is 30.0 Å². The average Bonchev–Trinajstić information content (AvgIpc) is 2.37. The van der Waals surface area contributed by atoms with E-state index >= 15 is 0 Å². The highest BCUT2D eigenvalue weighted by Crippen LogP contribution is 2.33. The van der Waals surface area contributed by atoms with Crippen LogP contribution in [-0.4, -0.2) is 10.8 Å². The molecule has 0 saturated heterocycles. The molecule has 0 amide bonds. The Morgan fingerprint density at radius 3 is 2.40 bits per heavy atom. The number of rotatable bonds is 2. The fourth-order valence-corrected chi connectivity index (χ4v) is 2.04. The van der Waals surface area contributed by atoms with Gasteiger partial charge in [0.15, 0.2) is 5.78 Å². The summed E-state index contributed by atoms with van der Waals surface area (Å²) in [7, 11) is 0. The summed E-state index contributed by atoms with van der Waals surface area (Å²) in [5.41, 5.74) is 0.200. The van der Waals surface area contributed by atoms with Crippen LogP contribution < -0.4 is 0 Å². The van der Waals surface area contributed by atoms with Crippen molar-refractivity contribution in [2.75, 3.05) is 0 Å². The van der Waals surface area contributed by atoms with Crippen LogP contribution in [0.15, 0.2) is 36.7 Å². The molecule has 0 radical (unpaired) electrons. The molecular formula is C15H12F3NO. The molecule has 20 heavy (non-hydrogen) atoms. The van der Waals surface area contributed by atoms with Gasteiger partial charge >= 0.3 is 6.18 Å². The van der Waals surface area contributed by atoms with E-state index in [1.807, 2.05) is 0 Å². The van der Waals surface area contributed by atoms with Crippen LogP contribution in [-0.2, 0) is 6.18 Å². The number of hydrogen-bond donors (Lipinski definition) is 0. The molecule has 2 nitrogen and oxygen atoms in total. The summed E-state index contributed by atoms with van der Waals surface area (Å²) in [6.45, 7) is 3.03. The number of alkyl halides is 3. The van der Waals surface area contributed by atoms with E-state index < -0.39 is 17.5 Å². The molecule has 0 fully saturated rings. The first-order valence-corrected chi connectivity index (χ1v) is 5.94. The Morgan fingerprint density at radius 2 is 1.80 bits per heavy atom. The van der Waals surface area contributed by atoms with Gasteiger partial charge in [0, 0.05) is 23.5 Å². The molecule has 0 aliphatic carbocycles. The Balaban J connectivity index is 2.55. The first-order chi connectivity index (χ1) is 9.32. The van der Waals surface area contributed by atoms with Gasteiger partial charge in [-0.15, -0.1) is 0 Å². The molecule has 2 aromatic rings. The zero-order chi connectivity index (χ0) is 14.9. The zero-order valence-electron chi connectivity index (χ0n) is 11.0. The molecule has 0 aliphatic heterocycles. The Hall–Kier alpha value is -2.17. The van der Waals surface area contributed by atoms with Gasteiger partial charge in [0.05, 0.1) is 5.56 Å². The number of hydrogen-bond acceptors (Lipinski definition) is 2. The third-order valence-corrected chi connectivity index (χ3v) is 3.17. The van der Waals surface area contributed by atoms with Crippen molar-refractivity contribution in [1.82, 2.24) is 4.98 Å². The van der Waals surface area contributed by atoms with Gasteiger partial charge in [-0.3, -0.25) is 9.78 Å². The van der Waals surface area contributed by atoms with Crippen LogP contribution in [0.3, 0.4) is 0 Å². The number of nitrogens with zero attached hydrogens (tertiary/aromatic N) is 1. The quantitative estimate of drug-likeness (QED) is 0.779. The molecular weight excluding hydrogens is 267 g/mol. The summed E-state index contributed by atoms with van der Waals surface area (Å²) in [6.07, 6.45) is -1.56. The van der Waals surface area contributed by atoms with Gasteiger partial charge in [0.2, 0.25) is 0 Å². The van der Waals surface area contributed by atoms with E-state index in [1.54, 1.807) is 13.0 Å². The number of aromatic nitrogens is 1. The predicted octanol–water partition coefficient (Wildman–Crippen LogP) is 3.95. The maximum atomic E-state index is 12.9. The van der Waals surface area contributed by atoms with E-state index in [1.165, 1.54) is 31.5 Å². The number of aryl methyl sites for hydroxylation is 1. The van der Waals surface area contributed by atoms with Gasteiger partial charge < -0.3 is 0 Å². The van der Waals surface area contributed by atoms with Crippen molar-refractivity contribution in [3.05, 3.63) is 64.5 Å². The van der Waals surface area contributed by atoms with E-state index in [2.05, 4.69) is 4.98 Å². The van der Waals surface area contributed by atoms with E-state index in [9.17, 15) is 18.0 Å². The monoisotopic (exact) mass is 279 g/mol. The second-order valence-electron chi connectivity index (χ2n) is 4.50. The van der Waals surface area contributed by atoms with Crippen LogP contribution in [0.1, 0.15) is 32.6 Å². The van der Waals surface area contributed by atoms with Crippen molar-refractivity contribution in [3.8, 4) is 0 Å². The highest BCUT2D eigenvalue weighted by atomic mass is 19.4. The van der Waals surface area contributed by atoms with E-state index in [0.29, 0.717) is 11.1 Å². The smallest absolute Gasteiger partial charge is 0.289 e. The van der Waals surface area contributed by atoms with E-state index in [0.717, 1.165) is 6.07 Å². The molecule has 1 aromatic carbocycles. The second-order valence-corrected chi connectivity index (χ2v) is 4.50. The summed E-state index contributed by atoms with van der Waals surface area (Å²) in [4.78, 5) is 16.2. The summed E-state index contributed by atoms with van der Waals surface area (Å²) >= 11 is 0. The maximum absolute atomic E-state index is 12.9. The predicted molar refractivity (Wildman–Crippen MR) is 68.6 cm³/mol. The molecule has 1 aromatic heterocycles. The maximum Gasteiger partial charge on any atom is 0.416 e. The van der Waals surface area contributed by atoms with Gasteiger partial charge in [-0.25, -0.2) is 0 Å². The largest absolute Gasteiger partial charge is 0.416 e. The lowest BCUT2D eigenvalue weighted by atomic mass is 9.94. The molecule has 0 unspecified atom stereocenters. The first kappa shape index (κ1) is 14.2. The second kappa shape index (κ2) is 5.07. The SMILES string of the molecule is Cc1ccncc1C(=O)c1cccc(C(F)(F)F)c1C. The fourth-order valence-electron chi connectivity index (χ4n) is 2.04. The van der Waals surface area contributed by atoms with Crippen molar-refractivity contribution in [3.63, 3.8) is 0 Å². The average molecular weight is 279 g/mol.